The average molecular weight is 705 g/mol. The van der Waals surface area contributed by atoms with Crippen LogP contribution in [-0.4, -0.2) is 14.8 Å². The molecule has 5 heteroatoms. The third kappa shape index (κ3) is 3.75. The number of fused-ring (bicyclic) bond motifs is 11. The summed E-state index contributed by atoms with van der Waals surface area (Å²) in [7, 11) is -1.97. The number of anilines is 6. The molecule has 3 aliphatic heterocycles. The Hall–Kier alpha value is -4.84. The minimum absolute atomic E-state index is 0.0450. The molecule has 0 spiro atoms. The molecule has 7 aromatic rings. The molecule has 0 radical (unpaired) electrons. The maximum absolute atomic E-state index is 2.63. The second-order valence-corrected chi connectivity index (χ2v) is 22.8. The molecular formula is C47H41BN2SSi. The van der Waals surface area contributed by atoms with Gasteiger partial charge in [0.25, 0.3) is 6.71 Å². The van der Waals surface area contributed by atoms with Crippen molar-refractivity contribution < 1.29 is 0 Å². The van der Waals surface area contributed by atoms with Crippen molar-refractivity contribution in [3.8, 4) is 11.1 Å². The predicted molar refractivity (Wildman–Crippen MR) is 229 cm³/mol. The van der Waals surface area contributed by atoms with E-state index in [4.69, 9.17) is 0 Å². The van der Waals surface area contributed by atoms with Gasteiger partial charge in [0.05, 0.1) is 5.69 Å². The fourth-order valence-electron chi connectivity index (χ4n) is 10.1. The fourth-order valence-corrected chi connectivity index (χ4v) is 14.5. The van der Waals surface area contributed by atoms with Crippen LogP contribution in [0.15, 0.2) is 121 Å². The van der Waals surface area contributed by atoms with E-state index in [1.807, 2.05) is 11.3 Å². The Labute approximate surface area is 312 Å². The van der Waals surface area contributed by atoms with Gasteiger partial charge >= 0.3 is 0 Å². The molecule has 0 amide bonds. The predicted octanol–water partition coefficient (Wildman–Crippen LogP) is 9.72. The third-order valence-electron chi connectivity index (χ3n) is 12.8. The average Bonchev–Trinajstić information content (AvgIpc) is 3.61. The van der Waals surface area contributed by atoms with Gasteiger partial charge in [-0.25, -0.2) is 0 Å². The van der Waals surface area contributed by atoms with Gasteiger partial charge in [-0.3, -0.25) is 0 Å². The highest BCUT2D eigenvalue weighted by atomic mass is 32.1. The Morgan fingerprint density at radius 3 is 2.10 bits per heavy atom. The van der Waals surface area contributed by atoms with Gasteiger partial charge in [-0.1, -0.05) is 127 Å². The van der Waals surface area contributed by atoms with Crippen LogP contribution in [0.1, 0.15) is 51.3 Å². The number of hydrogen-bond donors (Lipinski definition) is 0. The number of para-hydroxylation sites is 2. The lowest BCUT2D eigenvalue weighted by Gasteiger charge is -2.48. The lowest BCUT2D eigenvalue weighted by atomic mass is 9.36. The molecule has 4 heterocycles. The van der Waals surface area contributed by atoms with E-state index in [-0.39, 0.29) is 17.5 Å². The molecule has 0 bridgehead atoms. The highest BCUT2D eigenvalue weighted by Crippen LogP contribution is 2.54. The zero-order valence-electron chi connectivity index (χ0n) is 30.9. The molecule has 0 saturated carbocycles. The van der Waals surface area contributed by atoms with Crippen molar-refractivity contribution in [2.75, 3.05) is 9.80 Å². The summed E-state index contributed by atoms with van der Waals surface area (Å²) in [6.45, 7) is 16.9. The zero-order valence-corrected chi connectivity index (χ0v) is 32.7. The van der Waals surface area contributed by atoms with Crippen molar-refractivity contribution >= 4 is 96.4 Å². The molecule has 1 aromatic heterocycles. The van der Waals surface area contributed by atoms with Crippen LogP contribution in [0.5, 0.6) is 0 Å². The van der Waals surface area contributed by atoms with Crippen LogP contribution in [0.2, 0.25) is 13.1 Å². The quantitative estimate of drug-likeness (QED) is 0.157. The molecule has 6 aromatic carbocycles. The highest BCUT2D eigenvalue weighted by Gasteiger charge is 2.50. The molecule has 1 aliphatic carbocycles. The van der Waals surface area contributed by atoms with Crippen molar-refractivity contribution in [3.63, 3.8) is 0 Å². The van der Waals surface area contributed by atoms with Gasteiger partial charge in [-0.05, 0) is 97.0 Å². The Bertz CT molecular complexity index is 2700. The summed E-state index contributed by atoms with van der Waals surface area (Å²) in [6.07, 6.45) is 0. The molecular weight excluding hydrogens is 663 g/mol. The summed E-state index contributed by atoms with van der Waals surface area (Å²) in [5.41, 5.74) is 17.8. The van der Waals surface area contributed by atoms with E-state index in [0.717, 1.165) is 0 Å². The number of hydrogen-bond acceptors (Lipinski definition) is 3. The Morgan fingerprint density at radius 1 is 0.635 bits per heavy atom. The van der Waals surface area contributed by atoms with Crippen molar-refractivity contribution in [1.29, 1.82) is 0 Å². The van der Waals surface area contributed by atoms with Crippen molar-refractivity contribution in [2.45, 2.75) is 58.5 Å². The molecule has 0 fully saturated rings. The Morgan fingerprint density at radius 2 is 1.31 bits per heavy atom. The van der Waals surface area contributed by atoms with E-state index in [0.29, 0.717) is 0 Å². The standard InChI is InChI=1S/C47H41BN2SSi/c1-46(2,3)28-22-24-29(25-23-28)49-37-18-13-19-38-42(37)48(35-16-12-21-41-44(35)50(38)36-17-10-11-20-40(36)52(41,6)7)45-43(49)32-26-31-30-14-8-9-15-33(30)47(4,5)34(31)27-39(32)51-45/h8-27H,1-7H3. The van der Waals surface area contributed by atoms with Crippen LogP contribution in [-0.2, 0) is 10.8 Å². The van der Waals surface area contributed by atoms with Gasteiger partial charge in [0.1, 0.15) is 8.07 Å². The van der Waals surface area contributed by atoms with Crippen LogP contribution in [0, 0.1) is 0 Å². The van der Waals surface area contributed by atoms with Gasteiger partial charge in [0.2, 0.25) is 0 Å². The summed E-state index contributed by atoms with van der Waals surface area (Å²) in [4.78, 5) is 5.23. The monoisotopic (exact) mass is 704 g/mol. The molecule has 0 unspecified atom stereocenters. The minimum atomic E-state index is -1.97. The first-order valence-electron chi connectivity index (χ1n) is 18.7. The fraction of sp³-hybridized carbons (Fsp3) is 0.191. The SMILES string of the molecule is CC(C)(C)c1ccc(N2c3cccc4c3B(c3cccc5c3N4c3ccccc3[Si]5(C)C)c3sc4cc5c(cc4c32)-c2ccccc2C5(C)C)cc1. The zero-order chi connectivity index (χ0) is 35.5. The molecule has 11 rings (SSSR count). The van der Waals surface area contributed by atoms with Gasteiger partial charge < -0.3 is 9.80 Å². The van der Waals surface area contributed by atoms with Crippen LogP contribution in [0.4, 0.5) is 34.1 Å². The second kappa shape index (κ2) is 9.97. The van der Waals surface area contributed by atoms with Gasteiger partial charge in [0.15, 0.2) is 0 Å². The molecule has 0 atom stereocenters. The van der Waals surface area contributed by atoms with E-state index in [9.17, 15) is 0 Å². The number of benzene rings is 6. The van der Waals surface area contributed by atoms with E-state index >= 15 is 0 Å². The molecule has 52 heavy (non-hydrogen) atoms. The first kappa shape index (κ1) is 30.8. The Balaban J connectivity index is 1.25. The third-order valence-corrected chi connectivity index (χ3v) is 17.5. The van der Waals surface area contributed by atoms with E-state index in [1.54, 1.807) is 5.19 Å². The highest BCUT2D eigenvalue weighted by molar-refractivity contribution is 7.34. The molecule has 4 aliphatic rings. The topological polar surface area (TPSA) is 6.48 Å². The number of nitrogens with zero attached hydrogens (tertiary/aromatic N) is 2. The van der Waals surface area contributed by atoms with E-state index < -0.39 is 8.07 Å². The van der Waals surface area contributed by atoms with Crippen LogP contribution < -0.4 is 35.9 Å². The largest absolute Gasteiger partial charge is 0.312 e. The summed E-state index contributed by atoms with van der Waals surface area (Å²) in [6, 6.07) is 47.1. The van der Waals surface area contributed by atoms with Crippen molar-refractivity contribution in [1.82, 2.24) is 0 Å². The minimum Gasteiger partial charge on any atom is -0.312 e. The molecule has 0 N–H and O–H groups in total. The second-order valence-electron chi connectivity index (χ2n) is 17.4. The molecule has 252 valence electrons. The van der Waals surface area contributed by atoms with Gasteiger partial charge in [0, 0.05) is 48.7 Å². The lowest BCUT2D eigenvalue weighted by Crippen LogP contribution is -2.67. The maximum Gasteiger partial charge on any atom is 0.264 e. The first-order chi connectivity index (χ1) is 25.0. The summed E-state index contributed by atoms with van der Waals surface area (Å²) >= 11 is 2.02. The van der Waals surface area contributed by atoms with Gasteiger partial charge in [-0.2, -0.15) is 0 Å². The first-order valence-corrected chi connectivity index (χ1v) is 22.6. The maximum atomic E-state index is 2.63. The van der Waals surface area contributed by atoms with Crippen molar-refractivity contribution in [2.24, 2.45) is 0 Å². The lowest BCUT2D eigenvalue weighted by molar-refractivity contribution is 0.590. The molecule has 0 saturated heterocycles. The summed E-state index contributed by atoms with van der Waals surface area (Å²) < 4.78 is 2.83. The smallest absolute Gasteiger partial charge is 0.264 e. The summed E-state index contributed by atoms with van der Waals surface area (Å²) in [5.74, 6) is 0. The number of rotatable bonds is 1. The van der Waals surface area contributed by atoms with E-state index in [2.05, 4.69) is 179 Å². The van der Waals surface area contributed by atoms with Crippen molar-refractivity contribution in [3.05, 3.63) is 138 Å². The van der Waals surface area contributed by atoms with Gasteiger partial charge in [-0.15, -0.1) is 11.3 Å². The number of thiophene rings is 1. The normalized spacial score (nSPS) is 16.6. The summed E-state index contributed by atoms with van der Waals surface area (Å²) in [5, 5.41) is 4.41. The molecule has 2 nitrogen and oxygen atoms in total. The van der Waals surface area contributed by atoms with Crippen LogP contribution >= 0.6 is 11.3 Å². The van der Waals surface area contributed by atoms with Crippen LogP contribution in [0.3, 0.4) is 0 Å². The van der Waals surface area contributed by atoms with Crippen LogP contribution in [0.25, 0.3) is 21.2 Å². The Kier molecular flexibility index (Phi) is 5.90. The van der Waals surface area contributed by atoms with E-state index in [1.165, 1.54) is 92.9 Å².